The lowest BCUT2D eigenvalue weighted by Crippen LogP contribution is -2.28. The Morgan fingerprint density at radius 2 is 0.869 bits per heavy atom. The summed E-state index contributed by atoms with van der Waals surface area (Å²) in [6.45, 7) is 4.96. The fourth-order valence-electron chi connectivity index (χ4n) is 7.48. The van der Waals surface area contributed by atoms with E-state index in [2.05, 4.69) is 50.3 Å². The Morgan fingerprint density at radius 3 is 1.30 bits per heavy atom. The van der Waals surface area contributed by atoms with E-state index in [1.807, 2.05) is 0 Å². The molecule has 0 heterocycles. The van der Waals surface area contributed by atoms with Crippen LogP contribution in [0.3, 0.4) is 0 Å². The summed E-state index contributed by atoms with van der Waals surface area (Å²) in [5.41, 5.74) is 5.39. The first kappa shape index (κ1) is 59.7. The van der Waals surface area contributed by atoms with Crippen LogP contribution in [0.1, 0.15) is 251 Å². The van der Waals surface area contributed by atoms with Crippen LogP contribution < -0.4 is 5.73 Å². The SMILES string of the molecule is CCCCCCC/C=C\C/C=C\C/C=C\CCCCCCCCCCCCC(=O)OC(COCCCCCCCCCCCCCCCCCCC)COP(=O)(O)OCCN. The lowest BCUT2D eigenvalue weighted by Gasteiger charge is -2.20. The van der Waals surface area contributed by atoms with Crippen molar-refractivity contribution in [1.82, 2.24) is 0 Å². The number of rotatable bonds is 50. The minimum absolute atomic E-state index is 0.0948. The second kappa shape index (κ2) is 49.7. The lowest BCUT2D eigenvalue weighted by molar-refractivity contribution is -0.154. The Kier molecular flexibility index (Phi) is 48.7. The first-order valence-electron chi connectivity index (χ1n) is 26.0. The minimum Gasteiger partial charge on any atom is -0.457 e. The third-order valence-electron chi connectivity index (χ3n) is 11.3. The maximum absolute atomic E-state index is 12.7. The van der Waals surface area contributed by atoms with Crippen molar-refractivity contribution in [2.24, 2.45) is 5.73 Å². The average molecular weight is 882 g/mol. The molecule has 8 nitrogen and oxygen atoms in total. The number of carbonyl (C=O) groups is 1. The molecule has 2 atom stereocenters. The number of hydrogen-bond acceptors (Lipinski definition) is 7. The molecule has 0 aromatic carbocycles. The number of allylic oxidation sites excluding steroid dienone is 6. The highest BCUT2D eigenvalue weighted by molar-refractivity contribution is 7.47. The van der Waals surface area contributed by atoms with E-state index >= 15 is 0 Å². The van der Waals surface area contributed by atoms with Gasteiger partial charge in [0.05, 0.1) is 19.8 Å². The van der Waals surface area contributed by atoms with E-state index in [-0.39, 0.29) is 32.3 Å². The van der Waals surface area contributed by atoms with Crippen LogP contribution in [-0.2, 0) is 27.9 Å². The van der Waals surface area contributed by atoms with Gasteiger partial charge in [0.25, 0.3) is 0 Å². The molecule has 0 radical (unpaired) electrons. The van der Waals surface area contributed by atoms with Crippen LogP contribution >= 0.6 is 7.82 Å². The van der Waals surface area contributed by atoms with Crippen LogP contribution in [0.4, 0.5) is 0 Å². The zero-order chi connectivity index (χ0) is 44.4. The molecule has 0 aliphatic carbocycles. The third-order valence-corrected chi connectivity index (χ3v) is 12.3. The highest BCUT2D eigenvalue weighted by atomic mass is 31.2. The molecule has 2 unspecified atom stereocenters. The molecular formula is C52H100NO7P. The van der Waals surface area contributed by atoms with E-state index in [0.717, 1.165) is 44.9 Å². The fraction of sp³-hybridized carbons (Fsp3) is 0.865. The summed E-state index contributed by atoms with van der Waals surface area (Å²) < 4.78 is 33.6. The summed E-state index contributed by atoms with van der Waals surface area (Å²) in [7, 11) is -4.28. The average Bonchev–Trinajstić information content (AvgIpc) is 3.25. The number of phosphoric acid groups is 1. The van der Waals surface area contributed by atoms with Gasteiger partial charge in [-0.05, 0) is 51.4 Å². The maximum atomic E-state index is 12.7. The maximum Gasteiger partial charge on any atom is 0.472 e. The van der Waals surface area contributed by atoms with Crippen molar-refractivity contribution in [2.75, 3.05) is 33.0 Å². The number of unbranched alkanes of at least 4 members (excludes halogenated alkanes) is 31. The smallest absolute Gasteiger partial charge is 0.457 e. The Morgan fingerprint density at radius 1 is 0.492 bits per heavy atom. The molecule has 0 fully saturated rings. The first-order valence-corrected chi connectivity index (χ1v) is 27.5. The summed E-state index contributed by atoms with van der Waals surface area (Å²) in [6, 6.07) is 0. The van der Waals surface area contributed by atoms with Crippen LogP contribution in [0, 0.1) is 0 Å². The lowest BCUT2D eigenvalue weighted by atomic mass is 10.0. The molecule has 0 saturated heterocycles. The van der Waals surface area contributed by atoms with Gasteiger partial charge in [0.1, 0.15) is 6.10 Å². The van der Waals surface area contributed by atoms with E-state index in [9.17, 15) is 14.3 Å². The van der Waals surface area contributed by atoms with Gasteiger partial charge in [0.2, 0.25) is 0 Å². The van der Waals surface area contributed by atoms with Gasteiger partial charge in [-0.2, -0.15) is 0 Å². The zero-order valence-electron chi connectivity index (χ0n) is 40.2. The quantitative estimate of drug-likeness (QED) is 0.0268. The number of nitrogens with two attached hydrogens (primary N) is 1. The topological polar surface area (TPSA) is 117 Å². The van der Waals surface area contributed by atoms with E-state index < -0.39 is 13.9 Å². The minimum atomic E-state index is -4.28. The number of ether oxygens (including phenoxy) is 2. The van der Waals surface area contributed by atoms with Crippen LogP contribution in [0.2, 0.25) is 0 Å². The number of esters is 1. The number of carbonyl (C=O) groups excluding carboxylic acids is 1. The highest BCUT2D eigenvalue weighted by Crippen LogP contribution is 2.43. The molecule has 0 saturated carbocycles. The van der Waals surface area contributed by atoms with E-state index in [1.165, 1.54) is 186 Å². The molecule has 0 rings (SSSR count). The molecule has 360 valence electrons. The largest absolute Gasteiger partial charge is 0.472 e. The molecule has 0 amide bonds. The number of phosphoric ester groups is 1. The van der Waals surface area contributed by atoms with Crippen LogP contribution in [0.15, 0.2) is 36.5 Å². The summed E-state index contributed by atoms with van der Waals surface area (Å²) in [5, 5.41) is 0. The van der Waals surface area contributed by atoms with Crippen molar-refractivity contribution in [3.63, 3.8) is 0 Å². The van der Waals surface area contributed by atoms with Crippen LogP contribution in [0.5, 0.6) is 0 Å². The first-order chi connectivity index (χ1) is 29.9. The molecule has 0 aliphatic rings. The fourth-order valence-corrected chi connectivity index (χ4v) is 8.24. The predicted octanol–water partition coefficient (Wildman–Crippen LogP) is 16.1. The molecular weight excluding hydrogens is 782 g/mol. The van der Waals surface area contributed by atoms with Gasteiger partial charge in [-0.1, -0.05) is 230 Å². The normalized spacial score (nSPS) is 13.6. The molecule has 9 heteroatoms. The summed E-state index contributed by atoms with van der Waals surface area (Å²) in [4.78, 5) is 22.6. The second-order valence-corrected chi connectivity index (χ2v) is 18.8. The molecule has 61 heavy (non-hydrogen) atoms. The Labute approximate surface area is 378 Å². The molecule has 0 aliphatic heterocycles. The third kappa shape index (κ3) is 49.6. The van der Waals surface area contributed by atoms with Crippen molar-refractivity contribution in [2.45, 2.75) is 258 Å². The van der Waals surface area contributed by atoms with Gasteiger partial charge in [0.15, 0.2) is 0 Å². The Hall–Kier alpha value is -1.28. The summed E-state index contributed by atoms with van der Waals surface area (Å²) >= 11 is 0. The van der Waals surface area contributed by atoms with Crippen molar-refractivity contribution >= 4 is 13.8 Å². The summed E-state index contributed by atoms with van der Waals surface area (Å²) in [5.74, 6) is -0.330. The molecule has 3 N–H and O–H groups in total. The van der Waals surface area contributed by atoms with Gasteiger partial charge in [-0.3, -0.25) is 13.8 Å². The van der Waals surface area contributed by atoms with Crippen LogP contribution in [-0.4, -0.2) is 49.9 Å². The van der Waals surface area contributed by atoms with Gasteiger partial charge < -0.3 is 20.1 Å². The molecule has 0 aromatic rings. The van der Waals surface area contributed by atoms with Crippen LogP contribution in [0.25, 0.3) is 0 Å². The highest BCUT2D eigenvalue weighted by Gasteiger charge is 2.25. The van der Waals surface area contributed by atoms with Crippen molar-refractivity contribution in [3.05, 3.63) is 36.5 Å². The Balaban J connectivity index is 3.92. The van der Waals surface area contributed by atoms with E-state index in [0.29, 0.717) is 13.0 Å². The zero-order valence-corrected chi connectivity index (χ0v) is 41.1. The monoisotopic (exact) mass is 882 g/mol. The van der Waals surface area contributed by atoms with Gasteiger partial charge in [-0.25, -0.2) is 4.57 Å². The predicted molar refractivity (Wildman–Crippen MR) is 261 cm³/mol. The van der Waals surface area contributed by atoms with Crippen molar-refractivity contribution in [1.29, 1.82) is 0 Å². The summed E-state index contributed by atoms with van der Waals surface area (Å²) in [6.07, 6.45) is 58.9. The second-order valence-electron chi connectivity index (χ2n) is 17.4. The Bertz CT molecular complexity index is 1040. The standard InChI is InChI=1S/C52H100NO7P/c1-3-5-7-9-11-13-15-17-19-21-22-23-24-25-26-27-28-29-31-33-35-37-39-41-43-45-52(54)60-51(50-59-61(55,56)58-48-46-53)49-57-47-44-42-40-38-36-34-32-30-20-18-16-14-12-10-8-6-4-2/h15,17,21-22,24-25,51H,3-14,16,18-20,23,26-50,53H2,1-2H3,(H,55,56)/b17-15-,22-21-,25-24-. The van der Waals surface area contributed by atoms with E-state index in [4.69, 9.17) is 24.3 Å². The number of hydrogen-bond donors (Lipinski definition) is 2. The molecule has 0 aromatic heterocycles. The van der Waals surface area contributed by atoms with Gasteiger partial charge in [0, 0.05) is 19.6 Å². The molecule has 0 spiro atoms. The van der Waals surface area contributed by atoms with Crippen molar-refractivity contribution < 1.29 is 32.8 Å². The van der Waals surface area contributed by atoms with E-state index in [1.54, 1.807) is 0 Å². The van der Waals surface area contributed by atoms with Gasteiger partial charge in [-0.15, -0.1) is 0 Å². The van der Waals surface area contributed by atoms with Gasteiger partial charge >= 0.3 is 13.8 Å². The molecule has 0 bridgehead atoms. The van der Waals surface area contributed by atoms with Crippen molar-refractivity contribution in [3.8, 4) is 0 Å².